The van der Waals surface area contributed by atoms with Crippen LogP contribution in [0.4, 0.5) is 10.8 Å². The van der Waals surface area contributed by atoms with E-state index in [0.717, 1.165) is 0 Å². The first-order chi connectivity index (χ1) is 11.5. The van der Waals surface area contributed by atoms with Crippen molar-refractivity contribution in [3.8, 4) is 0 Å². The highest BCUT2D eigenvalue weighted by atomic mass is 32.2. The summed E-state index contributed by atoms with van der Waals surface area (Å²) in [4.78, 5) is 23.2. The summed E-state index contributed by atoms with van der Waals surface area (Å²) >= 11 is 2.71. The number of carbonyl (C=O) groups is 2. The first-order valence-electron chi connectivity index (χ1n) is 7.05. The Hall–Kier alpha value is -2.39. The molecular formula is C15H17N5O2S2. The molecule has 1 heterocycles. The van der Waals surface area contributed by atoms with Crippen molar-refractivity contribution in [3.05, 3.63) is 42.5 Å². The fourth-order valence-electron chi connectivity index (χ4n) is 1.65. The normalized spacial score (nSPS) is 11.5. The number of amides is 2. The maximum Gasteiger partial charge on any atom is 0.248 e. The maximum absolute atomic E-state index is 12.2. The van der Waals surface area contributed by atoms with Crippen molar-refractivity contribution in [1.82, 2.24) is 10.2 Å². The van der Waals surface area contributed by atoms with Gasteiger partial charge in [-0.25, -0.2) is 0 Å². The van der Waals surface area contributed by atoms with E-state index in [2.05, 4.69) is 27.4 Å². The summed E-state index contributed by atoms with van der Waals surface area (Å²) in [6.45, 7) is 6.01. The van der Waals surface area contributed by atoms with Gasteiger partial charge in [-0.3, -0.25) is 9.59 Å². The molecule has 2 aromatic rings. The van der Waals surface area contributed by atoms with Crippen molar-refractivity contribution in [2.24, 2.45) is 5.73 Å². The molecule has 0 fully saturated rings. The summed E-state index contributed by atoms with van der Waals surface area (Å²) in [6, 6.07) is 6.41. The van der Waals surface area contributed by atoms with Crippen molar-refractivity contribution in [2.75, 3.05) is 17.2 Å². The van der Waals surface area contributed by atoms with Gasteiger partial charge in [-0.2, -0.15) is 0 Å². The third kappa shape index (κ3) is 5.07. The van der Waals surface area contributed by atoms with Crippen LogP contribution in [0.15, 0.2) is 41.3 Å². The summed E-state index contributed by atoms with van der Waals surface area (Å²) in [5, 5.41) is 14.2. The van der Waals surface area contributed by atoms with Crippen LogP contribution in [0.3, 0.4) is 0 Å². The van der Waals surface area contributed by atoms with Gasteiger partial charge in [0.2, 0.25) is 16.9 Å². The van der Waals surface area contributed by atoms with Gasteiger partial charge in [-0.15, -0.1) is 16.8 Å². The Morgan fingerprint density at radius 1 is 1.38 bits per heavy atom. The zero-order chi connectivity index (χ0) is 17.5. The minimum atomic E-state index is -0.506. The average Bonchev–Trinajstić information content (AvgIpc) is 3.00. The van der Waals surface area contributed by atoms with E-state index in [9.17, 15) is 9.59 Å². The summed E-state index contributed by atoms with van der Waals surface area (Å²) in [5.41, 5.74) is 6.17. The molecule has 24 heavy (non-hydrogen) atoms. The molecule has 9 heteroatoms. The molecule has 7 nitrogen and oxygen atoms in total. The van der Waals surface area contributed by atoms with E-state index in [1.54, 1.807) is 37.3 Å². The van der Waals surface area contributed by atoms with Crippen molar-refractivity contribution >= 4 is 45.7 Å². The quantitative estimate of drug-likeness (QED) is 0.490. The van der Waals surface area contributed by atoms with Gasteiger partial charge in [0.25, 0.3) is 0 Å². The lowest BCUT2D eigenvalue weighted by Crippen LogP contribution is -2.22. The van der Waals surface area contributed by atoms with Crippen LogP contribution in [0.5, 0.6) is 0 Å². The van der Waals surface area contributed by atoms with E-state index in [4.69, 9.17) is 5.73 Å². The molecule has 0 saturated heterocycles. The lowest BCUT2D eigenvalue weighted by Gasteiger charge is -2.10. The van der Waals surface area contributed by atoms with Crippen LogP contribution in [0.2, 0.25) is 0 Å². The number of rotatable bonds is 8. The Kier molecular flexibility index (Phi) is 6.33. The van der Waals surface area contributed by atoms with Crippen molar-refractivity contribution in [3.63, 3.8) is 0 Å². The maximum atomic E-state index is 12.2. The van der Waals surface area contributed by atoms with Gasteiger partial charge in [0.05, 0.1) is 5.25 Å². The first kappa shape index (κ1) is 18.0. The molecule has 0 aliphatic heterocycles. The summed E-state index contributed by atoms with van der Waals surface area (Å²) in [7, 11) is 0. The van der Waals surface area contributed by atoms with Crippen LogP contribution in [0, 0.1) is 0 Å². The van der Waals surface area contributed by atoms with Gasteiger partial charge < -0.3 is 16.4 Å². The van der Waals surface area contributed by atoms with Crippen LogP contribution < -0.4 is 16.4 Å². The minimum Gasteiger partial charge on any atom is -0.366 e. The Balaban J connectivity index is 1.90. The monoisotopic (exact) mass is 363 g/mol. The van der Waals surface area contributed by atoms with Crippen LogP contribution in [0.1, 0.15) is 17.3 Å². The van der Waals surface area contributed by atoms with Crippen molar-refractivity contribution < 1.29 is 9.59 Å². The van der Waals surface area contributed by atoms with Gasteiger partial charge in [0, 0.05) is 17.8 Å². The number of primary amides is 1. The van der Waals surface area contributed by atoms with Gasteiger partial charge in [-0.1, -0.05) is 29.2 Å². The fourth-order valence-corrected chi connectivity index (χ4v) is 3.56. The second-order valence-electron chi connectivity index (χ2n) is 4.73. The molecule has 126 valence electrons. The second-order valence-corrected chi connectivity index (χ2v) is 7.30. The van der Waals surface area contributed by atoms with E-state index in [0.29, 0.717) is 27.3 Å². The van der Waals surface area contributed by atoms with E-state index in [1.807, 2.05) is 0 Å². The first-order valence-corrected chi connectivity index (χ1v) is 8.75. The van der Waals surface area contributed by atoms with Gasteiger partial charge in [0.15, 0.2) is 4.34 Å². The Morgan fingerprint density at radius 2 is 2.08 bits per heavy atom. The molecule has 0 aliphatic rings. The number of anilines is 2. The molecule has 1 aromatic carbocycles. The molecule has 2 amide bonds. The van der Waals surface area contributed by atoms with Crippen LogP contribution in [-0.2, 0) is 4.79 Å². The van der Waals surface area contributed by atoms with E-state index < -0.39 is 5.91 Å². The minimum absolute atomic E-state index is 0.164. The molecule has 0 aliphatic carbocycles. The number of hydrogen-bond acceptors (Lipinski definition) is 7. The van der Waals surface area contributed by atoms with E-state index in [1.165, 1.54) is 23.1 Å². The van der Waals surface area contributed by atoms with Gasteiger partial charge in [-0.05, 0) is 31.2 Å². The lowest BCUT2D eigenvalue weighted by atomic mass is 10.2. The second kappa shape index (κ2) is 8.46. The highest BCUT2D eigenvalue weighted by Gasteiger charge is 2.17. The number of benzene rings is 1. The highest BCUT2D eigenvalue weighted by Crippen LogP contribution is 2.29. The average molecular weight is 363 g/mol. The fraction of sp³-hybridized carbons (Fsp3) is 0.200. The van der Waals surface area contributed by atoms with E-state index in [-0.39, 0.29) is 11.2 Å². The predicted molar refractivity (Wildman–Crippen MR) is 97.5 cm³/mol. The van der Waals surface area contributed by atoms with Gasteiger partial charge >= 0.3 is 0 Å². The molecule has 2 rings (SSSR count). The topological polar surface area (TPSA) is 110 Å². The largest absolute Gasteiger partial charge is 0.366 e. The number of carbonyl (C=O) groups excluding carboxylic acids is 2. The summed E-state index contributed by atoms with van der Waals surface area (Å²) in [5.74, 6) is -0.670. The summed E-state index contributed by atoms with van der Waals surface area (Å²) in [6.07, 6.45) is 1.73. The molecule has 0 bridgehead atoms. The third-order valence-electron chi connectivity index (χ3n) is 2.89. The number of nitrogens with one attached hydrogen (secondary N) is 2. The van der Waals surface area contributed by atoms with E-state index >= 15 is 0 Å². The van der Waals surface area contributed by atoms with Crippen LogP contribution >= 0.6 is 23.1 Å². The van der Waals surface area contributed by atoms with Crippen molar-refractivity contribution in [1.29, 1.82) is 0 Å². The smallest absolute Gasteiger partial charge is 0.248 e. The third-order valence-corrected chi connectivity index (χ3v) is 4.95. The standard InChI is InChI=1S/C15H17N5O2S2/c1-3-8-17-14-19-20-15(24-14)23-9(2)13(22)18-11-6-4-10(5-7-11)12(16)21/h3-7,9H,1,8H2,2H3,(H2,16,21)(H,17,19)(H,18,22)/t9-/m1/s1. The molecule has 1 atom stereocenters. The lowest BCUT2D eigenvalue weighted by molar-refractivity contribution is -0.115. The zero-order valence-corrected chi connectivity index (χ0v) is 14.6. The SMILES string of the molecule is C=CCNc1nnc(S[C@H](C)C(=O)Nc2ccc(C(N)=O)cc2)s1. The zero-order valence-electron chi connectivity index (χ0n) is 13.0. The number of nitrogens with zero attached hydrogens (tertiary/aromatic N) is 2. The predicted octanol–water partition coefficient (Wildman–Crippen LogP) is 2.35. The van der Waals surface area contributed by atoms with Gasteiger partial charge in [0.1, 0.15) is 0 Å². The molecular weight excluding hydrogens is 346 g/mol. The molecule has 0 spiro atoms. The molecule has 0 unspecified atom stereocenters. The Labute approximate surface area is 147 Å². The van der Waals surface area contributed by atoms with Crippen LogP contribution in [0.25, 0.3) is 0 Å². The summed E-state index contributed by atoms with van der Waals surface area (Å²) < 4.78 is 0.702. The number of nitrogens with two attached hydrogens (primary N) is 1. The number of hydrogen-bond donors (Lipinski definition) is 3. The Bertz CT molecular complexity index is 730. The molecule has 0 radical (unpaired) electrons. The number of thioether (sulfide) groups is 1. The molecule has 0 saturated carbocycles. The number of aromatic nitrogens is 2. The highest BCUT2D eigenvalue weighted by molar-refractivity contribution is 8.02. The van der Waals surface area contributed by atoms with Crippen LogP contribution in [-0.4, -0.2) is 33.8 Å². The molecule has 1 aromatic heterocycles. The van der Waals surface area contributed by atoms with Crippen molar-refractivity contribution in [2.45, 2.75) is 16.5 Å². The Morgan fingerprint density at radius 3 is 2.71 bits per heavy atom. The molecule has 4 N–H and O–H groups in total.